The topological polar surface area (TPSA) is 71.3 Å². The molecule has 1 aliphatic heterocycles. The summed E-state index contributed by atoms with van der Waals surface area (Å²) in [5, 5.41) is 14.1. The number of anilines is 1. The maximum Gasteiger partial charge on any atom is 0.433 e. The van der Waals surface area contributed by atoms with Crippen LogP contribution in [0.4, 0.5) is 24.5 Å². The molecule has 2 rings (SSSR count). The molecular weight excluding hydrogens is 289 g/mol. The van der Waals surface area contributed by atoms with Gasteiger partial charge in [-0.3, -0.25) is 10.1 Å². The molecule has 0 spiro atoms. The van der Waals surface area contributed by atoms with E-state index in [4.69, 9.17) is 0 Å². The van der Waals surface area contributed by atoms with E-state index < -0.39 is 22.5 Å². The molecule has 1 unspecified atom stereocenters. The number of hydrogen-bond donors (Lipinski definition) is 1. The number of hydrogen-bond acceptors (Lipinski definition) is 5. The van der Waals surface area contributed by atoms with Crippen molar-refractivity contribution in [3.05, 3.63) is 28.1 Å². The third kappa shape index (κ3) is 3.41. The van der Waals surface area contributed by atoms with Crippen molar-refractivity contribution in [3.8, 4) is 0 Å². The number of nitrogens with one attached hydrogen (secondary N) is 1. The van der Waals surface area contributed by atoms with Gasteiger partial charge in [-0.05, 0) is 25.5 Å². The summed E-state index contributed by atoms with van der Waals surface area (Å²) in [6, 6.07) is 0.660. The van der Waals surface area contributed by atoms with Crippen LogP contribution < -0.4 is 10.2 Å². The zero-order chi connectivity index (χ0) is 15.6. The molecule has 1 N–H and O–H groups in total. The van der Waals surface area contributed by atoms with Gasteiger partial charge < -0.3 is 10.2 Å². The Hall–Kier alpha value is -1.90. The minimum Gasteiger partial charge on any atom is -0.365 e. The first-order valence-electron chi connectivity index (χ1n) is 6.46. The average Bonchev–Trinajstić information content (AvgIpc) is 2.45. The minimum absolute atomic E-state index is 0.0592. The Labute approximate surface area is 119 Å². The lowest BCUT2D eigenvalue weighted by Gasteiger charge is -2.33. The molecule has 2 heterocycles. The molecule has 9 heteroatoms. The molecule has 0 aromatic carbocycles. The van der Waals surface area contributed by atoms with Crippen LogP contribution in [0.15, 0.2) is 12.3 Å². The van der Waals surface area contributed by atoms with Crippen LogP contribution >= 0.6 is 0 Å². The molecule has 6 nitrogen and oxygen atoms in total. The molecule has 1 aromatic rings. The van der Waals surface area contributed by atoms with Gasteiger partial charge in [0.1, 0.15) is 17.6 Å². The van der Waals surface area contributed by atoms with Gasteiger partial charge >= 0.3 is 11.9 Å². The number of alkyl halides is 3. The number of nitro groups is 1. The van der Waals surface area contributed by atoms with Crippen molar-refractivity contribution in [1.29, 1.82) is 0 Å². The van der Waals surface area contributed by atoms with E-state index in [-0.39, 0.29) is 11.7 Å². The fourth-order valence-corrected chi connectivity index (χ4v) is 2.38. The Morgan fingerprint density at radius 3 is 2.76 bits per heavy atom. The van der Waals surface area contributed by atoms with Gasteiger partial charge in [-0.15, -0.1) is 0 Å². The monoisotopic (exact) mass is 304 g/mol. The van der Waals surface area contributed by atoms with Gasteiger partial charge in [0.25, 0.3) is 0 Å². The molecule has 1 aliphatic rings. The predicted molar refractivity (Wildman–Crippen MR) is 70.2 cm³/mol. The molecule has 0 aliphatic carbocycles. The van der Waals surface area contributed by atoms with Crippen molar-refractivity contribution in [2.45, 2.75) is 25.1 Å². The van der Waals surface area contributed by atoms with Gasteiger partial charge in [-0.2, -0.15) is 13.2 Å². The van der Waals surface area contributed by atoms with Crippen LogP contribution in [0.1, 0.15) is 18.5 Å². The Bertz CT molecular complexity index is 530. The summed E-state index contributed by atoms with van der Waals surface area (Å²) in [6.07, 6.45) is -2.31. The molecule has 1 atom stereocenters. The first-order valence-corrected chi connectivity index (χ1v) is 6.46. The van der Waals surface area contributed by atoms with Gasteiger partial charge in [0.05, 0.1) is 4.92 Å². The lowest BCUT2D eigenvalue weighted by Crippen LogP contribution is -2.44. The summed E-state index contributed by atoms with van der Waals surface area (Å²) in [5.41, 5.74) is -1.61. The second-order valence-electron chi connectivity index (χ2n) is 4.92. The summed E-state index contributed by atoms with van der Waals surface area (Å²) in [6.45, 7) is 1.42. The van der Waals surface area contributed by atoms with Crippen molar-refractivity contribution < 1.29 is 18.1 Å². The largest absolute Gasteiger partial charge is 0.433 e. The Morgan fingerprint density at radius 1 is 1.52 bits per heavy atom. The molecule has 1 aromatic heterocycles. The summed E-state index contributed by atoms with van der Waals surface area (Å²) in [7, 11) is 1.57. The summed E-state index contributed by atoms with van der Waals surface area (Å²) in [4.78, 5) is 15.0. The molecule has 1 fully saturated rings. The van der Waals surface area contributed by atoms with E-state index in [1.54, 1.807) is 7.05 Å². The molecule has 0 bridgehead atoms. The lowest BCUT2D eigenvalue weighted by molar-refractivity contribution is -0.384. The number of piperidine rings is 1. The normalized spacial score (nSPS) is 19.3. The van der Waals surface area contributed by atoms with Crippen molar-refractivity contribution in [2.75, 3.05) is 25.0 Å². The standard InChI is InChI=1S/C12H15F3N4O2/c1-18(8-3-2-4-16-6-8)9-5-11(12(13,14)15)17-7-10(9)19(20)21/h5,7-8,16H,2-4,6H2,1H3. The fraction of sp³-hybridized carbons (Fsp3) is 0.583. The number of likely N-dealkylation sites (N-methyl/N-ethyl adjacent to an activating group) is 1. The van der Waals surface area contributed by atoms with E-state index in [0.29, 0.717) is 12.7 Å². The summed E-state index contributed by atoms with van der Waals surface area (Å²) < 4.78 is 38.2. The number of halogens is 3. The van der Waals surface area contributed by atoms with Crippen molar-refractivity contribution in [3.63, 3.8) is 0 Å². The highest BCUT2D eigenvalue weighted by atomic mass is 19.4. The average molecular weight is 304 g/mol. The van der Waals surface area contributed by atoms with E-state index in [0.717, 1.165) is 25.5 Å². The zero-order valence-corrected chi connectivity index (χ0v) is 11.4. The van der Waals surface area contributed by atoms with Crippen LogP contribution in [0, 0.1) is 10.1 Å². The van der Waals surface area contributed by atoms with E-state index in [9.17, 15) is 23.3 Å². The number of aromatic nitrogens is 1. The van der Waals surface area contributed by atoms with Crippen LogP contribution in [0.3, 0.4) is 0 Å². The molecule has 0 saturated carbocycles. The first-order chi connectivity index (χ1) is 9.80. The molecule has 1 saturated heterocycles. The van der Waals surface area contributed by atoms with Gasteiger partial charge in [0.2, 0.25) is 0 Å². The van der Waals surface area contributed by atoms with Crippen LogP contribution in [0.5, 0.6) is 0 Å². The van der Waals surface area contributed by atoms with E-state index in [1.807, 2.05) is 0 Å². The van der Waals surface area contributed by atoms with Gasteiger partial charge in [-0.1, -0.05) is 0 Å². The SMILES string of the molecule is CN(c1cc(C(F)(F)F)ncc1[N+](=O)[O-])C1CCCNC1. The van der Waals surface area contributed by atoms with Crippen LogP contribution in [-0.2, 0) is 6.18 Å². The third-order valence-corrected chi connectivity index (χ3v) is 3.55. The molecule has 116 valence electrons. The molecule has 0 radical (unpaired) electrons. The number of rotatable bonds is 3. The Kier molecular flexibility index (Phi) is 4.31. The van der Waals surface area contributed by atoms with Gasteiger partial charge in [0.15, 0.2) is 0 Å². The highest BCUT2D eigenvalue weighted by Crippen LogP contribution is 2.35. The third-order valence-electron chi connectivity index (χ3n) is 3.55. The lowest BCUT2D eigenvalue weighted by atomic mass is 10.1. The zero-order valence-electron chi connectivity index (χ0n) is 11.4. The summed E-state index contributed by atoms with van der Waals surface area (Å²) in [5.74, 6) is 0. The second kappa shape index (κ2) is 5.84. The smallest absolute Gasteiger partial charge is 0.365 e. The van der Waals surface area contributed by atoms with Crippen LogP contribution in [-0.4, -0.2) is 36.1 Å². The van der Waals surface area contributed by atoms with E-state index >= 15 is 0 Å². The molecule has 0 amide bonds. The Balaban J connectivity index is 2.40. The van der Waals surface area contributed by atoms with Gasteiger partial charge in [0, 0.05) is 19.6 Å². The summed E-state index contributed by atoms with van der Waals surface area (Å²) >= 11 is 0. The van der Waals surface area contributed by atoms with Crippen LogP contribution in [0.2, 0.25) is 0 Å². The highest BCUT2D eigenvalue weighted by molar-refractivity contribution is 5.63. The van der Waals surface area contributed by atoms with E-state index in [2.05, 4.69) is 10.3 Å². The number of nitrogens with zero attached hydrogens (tertiary/aromatic N) is 3. The van der Waals surface area contributed by atoms with Gasteiger partial charge in [-0.25, -0.2) is 4.98 Å². The van der Waals surface area contributed by atoms with E-state index in [1.165, 1.54) is 4.90 Å². The Morgan fingerprint density at radius 2 is 2.24 bits per heavy atom. The van der Waals surface area contributed by atoms with Crippen molar-refractivity contribution in [1.82, 2.24) is 10.3 Å². The molecule has 21 heavy (non-hydrogen) atoms. The second-order valence-corrected chi connectivity index (χ2v) is 4.92. The van der Waals surface area contributed by atoms with Crippen LogP contribution in [0.25, 0.3) is 0 Å². The first kappa shape index (κ1) is 15.5. The highest BCUT2D eigenvalue weighted by Gasteiger charge is 2.35. The molecular formula is C12H15F3N4O2. The maximum atomic E-state index is 12.7. The van der Waals surface area contributed by atoms with Crippen molar-refractivity contribution in [2.24, 2.45) is 0 Å². The maximum absolute atomic E-state index is 12.7. The quantitative estimate of drug-likeness (QED) is 0.684. The fourth-order valence-electron chi connectivity index (χ4n) is 2.38. The minimum atomic E-state index is -4.63. The predicted octanol–water partition coefficient (Wildman–Crippen LogP) is 2.20. The van der Waals surface area contributed by atoms with Crippen molar-refractivity contribution >= 4 is 11.4 Å². The number of pyridine rings is 1.